The maximum absolute atomic E-state index is 4.49. The van der Waals surface area contributed by atoms with E-state index in [1.54, 1.807) is 11.8 Å². The highest BCUT2D eigenvalue weighted by atomic mass is 32.2. The van der Waals surface area contributed by atoms with E-state index in [1.165, 1.54) is 5.56 Å². The van der Waals surface area contributed by atoms with Crippen LogP contribution < -0.4 is 0 Å². The van der Waals surface area contributed by atoms with E-state index in [4.69, 9.17) is 0 Å². The van der Waals surface area contributed by atoms with E-state index >= 15 is 0 Å². The van der Waals surface area contributed by atoms with E-state index in [9.17, 15) is 0 Å². The van der Waals surface area contributed by atoms with Crippen LogP contribution in [0.3, 0.4) is 0 Å². The molecule has 0 spiro atoms. The summed E-state index contributed by atoms with van der Waals surface area (Å²) in [5.41, 5.74) is 3.28. The van der Waals surface area contributed by atoms with Crippen molar-refractivity contribution >= 4 is 11.8 Å². The van der Waals surface area contributed by atoms with Crippen molar-refractivity contribution in [3.05, 3.63) is 66.0 Å². The van der Waals surface area contributed by atoms with Crippen molar-refractivity contribution in [2.45, 2.75) is 44.1 Å². The first-order chi connectivity index (χ1) is 14.3. The van der Waals surface area contributed by atoms with Gasteiger partial charge in [0.1, 0.15) is 0 Å². The van der Waals surface area contributed by atoms with Crippen LogP contribution in [0.5, 0.6) is 0 Å². The van der Waals surface area contributed by atoms with Crippen LogP contribution in [0.4, 0.5) is 0 Å². The van der Waals surface area contributed by atoms with Gasteiger partial charge in [0.15, 0.2) is 16.8 Å². The largest absolute Gasteiger partial charge is 0.270 e. The predicted octanol–water partition coefficient (Wildman–Crippen LogP) is 4.32. The number of nitrogens with zero attached hydrogens (tertiary/aromatic N) is 7. The fourth-order valence-electron chi connectivity index (χ4n) is 3.00. The molecule has 0 aliphatic heterocycles. The van der Waals surface area contributed by atoms with Gasteiger partial charge in [0.05, 0.1) is 5.75 Å². The maximum atomic E-state index is 4.49. The number of thioether (sulfide) groups is 1. The van der Waals surface area contributed by atoms with Crippen molar-refractivity contribution < 1.29 is 0 Å². The molecule has 29 heavy (non-hydrogen) atoms. The van der Waals surface area contributed by atoms with Crippen molar-refractivity contribution in [2.75, 3.05) is 0 Å². The molecule has 2 aromatic carbocycles. The first kappa shape index (κ1) is 19.3. The van der Waals surface area contributed by atoms with Crippen LogP contribution in [0.25, 0.3) is 17.1 Å². The summed E-state index contributed by atoms with van der Waals surface area (Å²) in [6.07, 6.45) is 2.16. The first-order valence-corrected chi connectivity index (χ1v) is 10.7. The van der Waals surface area contributed by atoms with E-state index in [1.807, 2.05) is 22.9 Å². The summed E-state index contributed by atoms with van der Waals surface area (Å²) >= 11 is 1.59. The van der Waals surface area contributed by atoms with Gasteiger partial charge < -0.3 is 0 Å². The van der Waals surface area contributed by atoms with Crippen molar-refractivity contribution in [2.24, 2.45) is 0 Å². The smallest absolute Gasteiger partial charge is 0.196 e. The molecule has 0 amide bonds. The normalized spacial score (nSPS) is 11.1. The van der Waals surface area contributed by atoms with Crippen LogP contribution in [0.15, 0.2) is 59.8 Å². The maximum Gasteiger partial charge on any atom is 0.196 e. The van der Waals surface area contributed by atoms with Crippen molar-refractivity contribution in [1.82, 2.24) is 35.0 Å². The molecule has 0 atom stereocenters. The summed E-state index contributed by atoms with van der Waals surface area (Å²) in [6, 6.07) is 18.5. The molecule has 148 valence electrons. The SMILES string of the molecule is CCCCn1nnnc1CSc1nnc(-c2ccccc2)n1-c1ccc(C)cc1. The zero-order chi connectivity index (χ0) is 20.1. The molecule has 0 unspecified atom stereocenters. The summed E-state index contributed by atoms with van der Waals surface area (Å²) in [6.45, 7) is 5.08. The number of unbranched alkanes of at least 4 members (excludes halogenated alkanes) is 1. The van der Waals surface area contributed by atoms with Gasteiger partial charge in [0, 0.05) is 17.8 Å². The lowest BCUT2D eigenvalue weighted by molar-refractivity contribution is 0.540. The molecule has 0 bridgehead atoms. The molecule has 0 aliphatic carbocycles. The van der Waals surface area contributed by atoms with Crippen LogP contribution in [0, 0.1) is 6.92 Å². The van der Waals surface area contributed by atoms with Gasteiger partial charge in [-0.1, -0.05) is 73.1 Å². The highest BCUT2D eigenvalue weighted by Gasteiger charge is 2.17. The van der Waals surface area contributed by atoms with Gasteiger partial charge in [-0.05, 0) is 35.9 Å². The topological polar surface area (TPSA) is 74.3 Å². The molecule has 4 aromatic rings. The first-order valence-electron chi connectivity index (χ1n) is 9.72. The lowest BCUT2D eigenvalue weighted by Crippen LogP contribution is -2.05. The molecule has 0 saturated carbocycles. The number of hydrogen-bond acceptors (Lipinski definition) is 6. The van der Waals surface area contributed by atoms with Gasteiger partial charge in [-0.15, -0.1) is 15.3 Å². The zero-order valence-electron chi connectivity index (χ0n) is 16.6. The monoisotopic (exact) mass is 405 g/mol. The minimum Gasteiger partial charge on any atom is -0.270 e. The summed E-state index contributed by atoms with van der Waals surface area (Å²) in [5, 5.41) is 21.9. The number of tetrazole rings is 1. The van der Waals surface area contributed by atoms with Crippen LogP contribution in [0.2, 0.25) is 0 Å². The number of rotatable bonds is 8. The lowest BCUT2D eigenvalue weighted by Gasteiger charge is -2.11. The van der Waals surface area contributed by atoms with Crippen LogP contribution in [0.1, 0.15) is 31.2 Å². The Bertz CT molecular complexity index is 1050. The highest BCUT2D eigenvalue weighted by molar-refractivity contribution is 7.98. The third-order valence-corrected chi connectivity index (χ3v) is 5.54. The van der Waals surface area contributed by atoms with Gasteiger partial charge in [-0.3, -0.25) is 4.57 Å². The Hall–Kier alpha value is -3.00. The van der Waals surface area contributed by atoms with E-state index in [0.717, 1.165) is 47.4 Å². The summed E-state index contributed by atoms with van der Waals surface area (Å²) < 4.78 is 3.97. The van der Waals surface area contributed by atoms with Crippen LogP contribution in [-0.2, 0) is 12.3 Å². The Labute approximate surface area is 174 Å². The zero-order valence-corrected chi connectivity index (χ0v) is 17.4. The van der Waals surface area contributed by atoms with Crippen molar-refractivity contribution in [3.63, 3.8) is 0 Å². The second-order valence-corrected chi connectivity index (χ2v) is 7.75. The third kappa shape index (κ3) is 4.37. The number of aryl methyl sites for hydroxylation is 2. The average Bonchev–Trinajstić information content (AvgIpc) is 3.38. The standard InChI is InChI=1S/C21H23N7S/c1-3-4-14-27-19(22-25-26-27)15-29-21-24-23-20(17-8-6-5-7-9-17)28(21)18-12-10-16(2)11-13-18/h5-13H,3-4,14-15H2,1-2H3. The van der Waals surface area contributed by atoms with Gasteiger partial charge in [0.2, 0.25) is 0 Å². The molecule has 7 nitrogen and oxygen atoms in total. The molecule has 0 fully saturated rings. The van der Waals surface area contributed by atoms with E-state index in [0.29, 0.717) is 5.75 Å². The van der Waals surface area contributed by atoms with Crippen LogP contribution in [-0.4, -0.2) is 35.0 Å². The molecule has 0 radical (unpaired) electrons. The molecular weight excluding hydrogens is 382 g/mol. The molecule has 0 saturated heterocycles. The molecule has 2 aromatic heterocycles. The van der Waals surface area contributed by atoms with Crippen molar-refractivity contribution in [1.29, 1.82) is 0 Å². The fourth-order valence-corrected chi connectivity index (χ4v) is 3.89. The second kappa shape index (κ2) is 9.00. The molecule has 4 rings (SSSR count). The van der Waals surface area contributed by atoms with E-state index in [2.05, 4.69) is 80.5 Å². The number of hydrogen-bond donors (Lipinski definition) is 0. The van der Waals surface area contributed by atoms with Crippen LogP contribution >= 0.6 is 11.8 Å². The quantitative estimate of drug-likeness (QED) is 0.406. The number of benzene rings is 2. The molecule has 0 aliphatic rings. The Morgan fingerprint density at radius 3 is 2.48 bits per heavy atom. The van der Waals surface area contributed by atoms with Crippen molar-refractivity contribution in [3.8, 4) is 17.1 Å². The summed E-state index contributed by atoms with van der Waals surface area (Å²) in [7, 11) is 0. The summed E-state index contributed by atoms with van der Waals surface area (Å²) in [4.78, 5) is 0. The van der Waals surface area contributed by atoms with E-state index < -0.39 is 0 Å². The molecule has 8 heteroatoms. The Morgan fingerprint density at radius 1 is 0.931 bits per heavy atom. The van der Waals surface area contributed by atoms with Gasteiger partial charge >= 0.3 is 0 Å². The number of aromatic nitrogens is 7. The average molecular weight is 406 g/mol. The Morgan fingerprint density at radius 2 is 1.72 bits per heavy atom. The second-order valence-electron chi connectivity index (χ2n) is 6.80. The van der Waals surface area contributed by atoms with Gasteiger partial charge in [-0.25, -0.2) is 4.68 Å². The molecular formula is C21H23N7S. The summed E-state index contributed by atoms with van der Waals surface area (Å²) in [5.74, 6) is 2.31. The molecule has 2 heterocycles. The lowest BCUT2D eigenvalue weighted by atomic mass is 10.2. The molecule has 0 N–H and O–H groups in total. The fraction of sp³-hybridized carbons (Fsp3) is 0.286. The predicted molar refractivity (Wildman–Crippen MR) is 114 cm³/mol. The minimum atomic E-state index is 0.634. The van der Waals surface area contributed by atoms with E-state index in [-0.39, 0.29) is 0 Å². The minimum absolute atomic E-state index is 0.634. The Kier molecular flexibility index (Phi) is 6.00. The van der Waals surface area contributed by atoms with Gasteiger partial charge in [0.25, 0.3) is 0 Å². The highest BCUT2D eigenvalue weighted by Crippen LogP contribution is 2.29. The van der Waals surface area contributed by atoms with Gasteiger partial charge in [-0.2, -0.15) is 0 Å². The Balaban J connectivity index is 1.66. The third-order valence-electron chi connectivity index (χ3n) is 4.62.